The lowest BCUT2D eigenvalue weighted by molar-refractivity contribution is 0.0107. The van der Waals surface area contributed by atoms with Crippen molar-refractivity contribution in [1.29, 1.82) is 0 Å². The monoisotopic (exact) mass is 298 g/mol. The molecule has 0 saturated heterocycles. The van der Waals surface area contributed by atoms with Gasteiger partial charge in [-0.3, -0.25) is 0 Å². The van der Waals surface area contributed by atoms with Crippen LogP contribution in [-0.2, 0) is 0 Å². The summed E-state index contributed by atoms with van der Waals surface area (Å²) in [5.41, 5.74) is 2.85. The van der Waals surface area contributed by atoms with Gasteiger partial charge in [0, 0.05) is 5.54 Å². The Balaban J connectivity index is 1.48. The highest BCUT2D eigenvalue weighted by Crippen LogP contribution is 2.56. The van der Waals surface area contributed by atoms with Gasteiger partial charge in [0.25, 0.3) is 0 Å². The summed E-state index contributed by atoms with van der Waals surface area (Å²) in [5, 5.41) is 5.05. The fraction of sp³-hybridized carbons (Fsp3) is 0.611. The van der Waals surface area contributed by atoms with Crippen LogP contribution in [0.3, 0.4) is 0 Å². The van der Waals surface area contributed by atoms with E-state index in [2.05, 4.69) is 30.4 Å². The largest absolute Gasteiger partial charge is 0.356 e. The summed E-state index contributed by atoms with van der Waals surface area (Å²) in [6.45, 7) is 2.16. The van der Waals surface area contributed by atoms with E-state index in [0.29, 0.717) is 5.54 Å². The lowest BCUT2D eigenvalue weighted by Crippen LogP contribution is -2.54. The summed E-state index contributed by atoms with van der Waals surface area (Å²) in [5.74, 6) is 2.96. The molecular weight excluding hydrogens is 276 g/mol. The third-order valence-corrected chi connectivity index (χ3v) is 6.89. The van der Waals surface area contributed by atoms with Crippen LogP contribution in [0.1, 0.15) is 44.1 Å². The van der Waals surface area contributed by atoms with Crippen molar-refractivity contribution >= 4 is 26.7 Å². The van der Waals surface area contributed by atoms with Crippen LogP contribution < -0.4 is 5.32 Å². The number of benzene rings is 1. The number of nitrogens with one attached hydrogen (secondary N) is 1. The van der Waals surface area contributed by atoms with Crippen molar-refractivity contribution in [2.24, 2.45) is 17.8 Å². The molecule has 1 aromatic heterocycles. The standard InChI is InChI=1S/C18H22N2S/c1-11-2-3-15-16(4-11)21-17(19-15)20-18-8-12-5-13(9-18)7-14(6-12)10-18/h2-4,12-14H,5-10H2,1H3,(H,19,20). The number of rotatable bonds is 2. The molecule has 0 spiro atoms. The van der Waals surface area contributed by atoms with Gasteiger partial charge in [0.05, 0.1) is 10.2 Å². The summed E-state index contributed by atoms with van der Waals surface area (Å²) in [4.78, 5) is 4.84. The smallest absolute Gasteiger partial charge is 0.184 e. The summed E-state index contributed by atoms with van der Waals surface area (Å²) in [7, 11) is 0. The molecule has 0 aliphatic heterocycles. The van der Waals surface area contributed by atoms with Crippen LogP contribution in [0.4, 0.5) is 5.13 Å². The first-order valence-corrected chi connectivity index (χ1v) is 9.14. The molecule has 4 fully saturated rings. The minimum Gasteiger partial charge on any atom is -0.356 e. The lowest BCUT2D eigenvalue weighted by Gasteiger charge is -2.56. The van der Waals surface area contributed by atoms with Crippen LogP contribution in [0, 0.1) is 24.7 Å². The number of aromatic nitrogens is 1. The van der Waals surface area contributed by atoms with E-state index >= 15 is 0 Å². The van der Waals surface area contributed by atoms with Crippen molar-refractivity contribution in [2.45, 2.75) is 51.0 Å². The summed E-state index contributed by atoms with van der Waals surface area (Å²) < 4.78 is 1.32. The molecule has 2 aromatic rings. The van der Waals surface area contributed by atoms with Crippen LogP contribution in [-0.4, -0.2) is 10.5 Å². The van der Waals surface area contributed by atoms with Crippen molar-refractivity contribution in [2.75, 3.05) is 5.32 Å². The molecule has 4 saturated carbocycles. The molecule has 0 radical (unpaired) electrons. The van der Waals surface area contributed by atoms with Crippen LogP contribution >= 0.6 is 11.3 Å². The molecule has 2 nitrogen and oxygen atoms in total. The predicted molar refractivity (Wildman–Crippen MR) is 88.9 cm³/mol. The zero-order valence-corrected chi connectivity index (χ0v) is 13.4. The molecule has 4 bridgehead atoms. The maximum atomic E-state index is 4.84. The zero-order valence-electron chi connectivity index (χ0n) is 12.6. The van der Waals surface area contributed by atoms with Crippen molar-refractivity contribution in [3.8, 4) is 0 Å². The highest BCUT2D eigenvalue weighted by Gasteiger charge is 2.51. The second-order valence-electron chi connectivity index (χ2n) is 7.81. The van der Waals surface area contributed by atoms with E-state index in [0.717, 1.165) is 28.4 Å². The molecule has 0 unspecified atom stereocenters. The number of hydrogen-bond donors (Lipinski definition) is 1. The lowest BCUT2D eigenvalue weighted by atomic mass is 9.53. The van der Waals surface area contributed by atoms with Gasteiger partial charge >= 0.3 is 0 Å². The Labute approximate surface area is 130 Å². The van der Waals surface area contributed by atoms with Crippen LogP contribution in [0.25, 0.3) is 10.2 Å². The van der Waals surface area contributed by atoms with Crippen molar-refractivity contribution in [3.05, 3.63) is 23.8 Å². The van der Waals surface area contributed by atoms with Gasteiger partial charge in [-0.2, -0.15) is 0 Å². The van der Waals surface area contributed by atoms with E-state index in [1.807, 2.05) is 11.3 Å². The number of anilines is 1. The summed E-state index contributed by atoms with van der Waals surface area (Å²) in [6.07, 6.45) is 8.65. The zero-order chi connectivity index (χ0) is 14.0. The van der Waals surface area contributed by atoms with E-state index in [-0.39, 0.29) is 0 Å². The molecule has 21 heavy (non-hydrogen) atoms. The second-order valence-corrected chi connectivity index (χ2v) is 8.84. The minimum absolute atomic E-state index is 0.373. The maximum Gasteiger partial charge on any atom is 0.184 e. The molecule has 110 valence electrons. The summed E-state index contributed by atoms with van der Waals surface area (Å²) in [6, 6.07) is 6.58. The van der Waals surface area contributed by atoms with Gasteiger partial charge in [-0.05, 0) is 80.9 Å². The third-order valence-electron chi connectivity index (χ3n) is 5.95. The number of hydrogen-bond acceptors (Lipinski definition) is 3. The van der Waals surface area contributed by atoms with Crippen LogP contribution in [0.2, 0.25) is 0 Å². The third kappa shape index (κ3) is 2.01. The normalized spacial score (nSPS) is 37.3. The molecule has 0 atom stereocenters. The van der Waals surface area contributed by atoms with E-state index in [9.17, 15) is 0 Å². The van der Waals surface area contributed by atoms with Crippen LogP contribution in [0.5, 0.6) is 0 Å². The quantitative estimate of drug-likeness (QED) is 0.845. The Kier molecular flexibility index (Phi) is 2.50. The van der Waals surface area contributed by atoms with Crippen molar-refractivity contribution in [1.82, 2.24) is 4.98 Å². The van der Waals surface area contributed by atoms with Gasteiger partial charge in [0.2, 0.25) is 0 Å². The molecule has 4 aliphatic rings. The number of nitrogens with zero attached hydrogens (tertiary/aromatic N) is 1. The predicted octanol–water partition coefficient (Wildman–Crippen LogP) is 4.99. The van der Waals surface area contributed by atoms with Gasteiger partial charge in [-0.25, -0.2) is 4.98 Å². The number of thiazole rings is 1. The van der Waals surface area contributed by atoms with E-state index in [1.165, 1.54) is 48.8 Å². The molecular formula is C18H22N2S. The topological polar surface area (TPSA) is 24.9 Å². The molecule has 1 N–H and O–H groups in total. The molecule has 6 rings (SSSR count). The van der Waals surface area contributed by atoms with Crippen LogP contribution in [0.15, 0.2) is 18.2 Å². The fourth-order valence-electron chi connectivity index (χ4n) is 5.58. The van der Waals surface area contributed by atoms with Crippen molar-refractivity contribution < 1.29 is 0 Å². The average molecular weight is 298 g/mol. The highest BCUT2D eigenvalue weighted by molar-refractivity contribution is 7.22. The molecule has 1 heterocycles. The first-order valence-electron chi connectivity index (χ1n) is 8.33. The van der Waals surface area contributed by atoms with Gasteiger partial charge in [-0.1, -0.05) is 17.4 Å². The number of aryl methyl sites for hydroxylation is 1. The Morgan fingerprint density at radius 2 is 1.76 bits per heavy atom. The van der Waals surface area contributed by atoms with E-state index < -0.39 is 0 Å². The SMILES string of the molecule is Cc1ccc2nc(NC34CC5CC(CC(C5)C3)C4)sc2c1. The van der Waals surface area contributed by atoms with Gasteiger partial charge in [0.15, 0.2) is 5.13 Å². The Morgan fingerprint density at radius 3 is 2.43 bits per heavy atom. The Hall–Kier alpha value is -1.09. The summed E-state index contributed by atoms with van der Waals surface area (Å²) >= 11 is 1.84. The second kappa shape index (κ2) is 4.22. The molecule has 1 aromatic carbocycles. The maximum absolute atomic E-state index is 4.84. The van der Waals surface area contributed by atoms with Gasteiger partial charge in [0.1, 0.15) is 0 Å². The molecule has 3 heteroatoms. The Morgan fingerprint density at radius 1 is 1.10 bits per heavy atom. The van der Waals surface area contributed by atoms with Gasteiger partial charge in [-0.15, -0.1) is 0 Å². The van der Waals surface area contributed by atoms with Gasteiger partial charge < -0.3 is 5.32 Å². The molecule has 0 amide bonds. The van der Waals surface area contributed by atoms with Crippen molar-refractivity contribution in [3.63, 3.8) is 0 Å². The minimum atomic E-state index is 0.373. The number of fused-ring (bicyclic) bond motifs is 1. The van der Waals surface area contributed by atoms with E-state index in [4.69, 9.17) is 4.98 Å². The first-order chi connectivity index (χ1) is 10.2. The Bertz CT molecular complexity index is 667. The fourth-order valence-corrected chi connectivity index (χ4v) is 6.66. The average Bonchev–Trinajstić information content (AvgIpc) is 2.77. The molecule has 4 aliphatic carbocycles. The van der Waals surface area contributed by atoms with E-state index in [1.54, 1.807) is 0 Å². The first kappa shape index (κ1) is 12.5. The highest BCUT2D eigenvalue weighted by atomic mass is 32.1.